The number of hydrogen-bond acceptors (Lipinski definition) is 7. The second-order valence-corrected chi connectivity index (χ2v) is 7.63. The maximum atomic E-state index is 5.86. The molecule has 0 aliphatic carbocycles. The smallest absolute Gasteiger partial charge is 0.227 e. The van der Waals surface area contributed by atoms with E-state index in [0.29, 0.717) is 17.5 Å². The van der Waals surface area contributed by atoms with E-state index in [9.17, 15) is 0 Å². The molecule has 1 aliphatic heterocycles. The number of guanidine groups is 1. The quantitative estimate of drug-likeness (QED) is 0.344. The third-order valence-electron chi connectivity index (χ3n) is 5.03. The molecule has 0 bridgehead atoms. The lowest BCUT2D eigenvalue weighted by atomic mass is 10.1. The van der Waals surface area contributed by atoms with Gasteiger partial charge < -0.3 is 16.0 Å². The van der Waals surface area contributed by atoms with Crippen molar-refractivity contribution in [1.82, 2.24) is 10.9 Å². The minimum absolute atomic E-state index is 0.546. The summed E-state index contributed by atoms with van der Waals surface area (Å²) in [4.78, 5) is 8.87. The van der Waals surface area contributed by atoms with E-state index in [1.165, 1.54) is 0 Å². The van der Waals surface area contributed by atoms with E-state index in [0.717, 1.165) is 34.0 Å². The van der Waals surface area contributed by atoms with Gasteiger partial charge in [0.2, 0.25) is 5.96 Å². The number of nitrogens with one attached hydrogen (secondary N) is 3. The molecule has 32 heavy (non-hydrogen) atoms. The molecule has 0 saturated carbocycles. The first-order chi connectivity index (χ1) is 15.4. The lowest BCUT2D eigenvalue weighted by Gasteiger charge is -2.33. The van der Waals surface area contributed by atoms with Crippen molar-refractivity contribution in [2.45, 2.75) is 0 Å². The zero-order valence-electron chi connectivity index (χ0n) is 18.3. The zero-order chi connectivity index (χ0) is 22.7. The average molecular weight is 426 g/mol. The van der Waals surface area contributed by atoms with Gasteiger partial charge >= 0.3 is 0 Å². The number of nitrogens with two attached hydrogens (primary N) is 1. The fourth-order valence-electron chi connectivity index (χ4n) is 3.45. The number of aliphatic imine (C=N–C) groups is 1. The monoisotopic (exact) mass is 425 g/mol. The van der Waals surface area contributed by atoms with Crippen molar-refractivity contribution >= 4 is 40.1 Å². The van der Waals surface area contributed by atoms with Crippen LogP contribution in [-0.4, -0.2) is 20.1 Å². The second kappa shape index (κ2) is 8.77. The van der Waals surface area contributed by atoms with Crippen LogP contribution in [-0.2, 0) is 0 Å². The molecule has 0 aromatic heterocycles. The summed E-state index contributed by atoms with van der Waals surface area (Å²) in [5, 5.41) is 3.18. The van der Waals surface area contributed by atoms with Crippen LogP contribution in [0.1, 0.15) is 5.56 Å². The Hall–Kier alpha value is -4.39. The Bertz CT molecular complexity index is 1200. The summed E-state index contributed by atoms with van der Waals surface area (Å²) >= 11 is 0. The van der Waals surface area contributed by atoms with Crippen LogP contribution in [0.3, 0.4) is 0 Å². The number of nitrogen functional groups attached to an aromatic ring is 1. The van der Waals surface area contributed by atoms with Crippen molar-refractivity contribution in [3.05, 3.63) is 97.3 Å². The van der Waals surface area contributed by atoms with Crippen molar-refractivity contribution in [3.63, 3.8) is 0 Å². The molecule has 4 rings (SSSR count). The van der Waals surface area contributed by atoms with Gasteiger partial charge in [-0.05, 0) is 42.5 Å². The molecule has 3 aromatic carbocycles. The van der Waals surface area contributed by atoms with Crippen molar-refractivity contribution in [1.29, 1.82) is 0 Å². The summed E-state index contributed by atoms with van der Waals surface area (Å²) in [6.07, 6.45) is 0. The maximum absolute atomic E-state index is 5.86. The van der Waals surface area contributed by atoms with Crippen LogP contribution in [0.4, 0.5) is 28.4 Å². The molecule has 162 valence electrons. The van der Waals surface area contributed by atoms with E-state index in [4.69, 9.17) is 10.7 Å². The van der Waals surface area contributed by atoms with Crippen molar-refractivity contribution < 1.29 is 0 Å². The van der Waals surface area contributed by atoms with E-state index < -0.39 is 0 Å². The number of hydrogen-bond donors (Lipinski definition) is 4. The molecule has 3 aromatic rings. The number of rotatable bonds is 6. The molecule has 1 heterocycles. The third kappa shape index (κ3) is 4.37. The van der Waals surface area contributed by atoms with E-state index >= 15 is 0 Å². The highest BCUT2D eigenvalue weighted by Gasteiger charge is 2.25. The Morgan fingerprint density at radius 1 is 1.00 bits per heavy atom. The van der Waals surface area contributed by atoms with Gasteiger partial charge in [0.25, 0.3) is 0 Å². The summed E-state index contributed by atoms with van der Waals surface area (Å²) in [6, 6.07) is 23.6. The van der Waals surface area contributed by atoms with Gasteiger partial charge in [-0.15, -0.1) is 0 Å². The summed E-state index contributed by atoms with van der Waals surface area (Å²) in [5.74, 6) is 1.13. The normalized spacial score (nSPS) is 12.5. The van der Waals surface area contributed by atoms with E-state index in [1.54, 1.807) is 0 Å². The average Bonchev–Trinajstić information content (AvgIpc) is 2.78. The molecule has 0 unspecified atom stereocenters. The van der Waals surface area contributed by atoms with Crippen LogP contribution >= 0.6 is 0 Å². The van der Waals surface area contributed by atoms with Gasteiger partial charge in [-0.25, -0.2) is 4.99 Å². The third-order valence-corrected chi connectivity index (χ3v) is 5.03. The number of nitrogens with zero attached hydrogens (tertiary/aromatic N) is 3. The highest BCUT2D eigenvalue weighted by molar-refractivity contribution is 6.12. The lowest BCUT2D eigenvalue weighted by molar-refractivity contribution is 0.762. The fraction of sp³-hybridized carbons (Fsp3) is 0.0800. The fourth-order valence-corrected chi connectivity index (χ4v) is 3.45. The molecule has 0 amide bonds. The Morgan fingerprint density at radius 2 is 1.78 bits per heavy atom. The second-order valence-electron chi connectivity index (χ2n) is 7.63. The highest BCUT2D eigenvalue weighted by atomic mass is 15.5. The number of fused-ring (bicyclic) bond motifs is 1. The minimum atomic E-state index is 0.546. The molecule has 0 radical (unpaired) electrons. The molecule has 1 aliphatic rings. The Labute approximate surface area is 188 Å². The number of benzene rings is 3. The minimum Gasteiger partial charge on any atom is -0.399 e. The first-order valence-electron chi connectivity index (χ1n) is 10.2. The largest absolute Gasteiger partial charge is 0.399 e. The van der Waals surface area contributed by atoms with Gasteiger partial charge in [0.1, 0.15) is 5.82 Å². The summed E-state index contributed by atoms with van der Waals surface area (Å²) in [5.41, 5.74) is 18.3. The Morgan fingerprint density at radius 3 is 2.56 bits per heavy atom. The van der Waals surface area contributed by atoms with Crippen LogP contribution in [0, 0.1) is 0 Å². The number of anilines is 4. The van der Waals surface area contributed by atoms with Crippen LogP contribution < -0.4 is 31.7 Å². The lowest BCUT2D eigenvalue weighted by Crippen LogP contribution is -2.48. The van der Waals surface area contributed by atoms with Gasteiger partial charge in [-0.1, -0.05) is 43.5 Å². The van der Waals surface area contributed by atoms with Crippen molar-refractivity contribution in [2.75, 3.05) is 34.9 Å². The predicted molar refractivity (Wildman–Crippen MR) is 136 cm³/mol. The van der Waals surface area contributed by atoms with Crippen molar-refractivity contribution in [2.24, 2.45) is 4.99 Å². The standard InChI is InChI=1S/C25H27N7/c1-17-23-13-5-6-14-24(23)28-25(32(17)22-12-8-11-21(16-22)31(3)4)30-29-18(2)27-20-10-7-9-19(26)15-20/h5-16,27,29H,1-2,26H2,3-4H3,(H,28,30). The van der Waals surface area contributed by atoms with Crippen LogP contribution in [0.15, 0.2) is 96.8 Å². The van der Waals surface area contributed by atoms with Gasteiger partial charge in [-0.2, -0.15) is 0 Å². The molecule has 7 heteroatoms. The van der Waals surface area contributed by atoms with Gasteiger partial charge in [-0.3, -0.25) is 15.8 Å². The number of hydrazine groups is 1. The summed E-state index contributed by atoms with van der Waals surface area (Å²) in [7, 11) is 4.03. The maximum Gasteiger partial charge on any atom is 0.227 e. The van der Waals surface area contributed by atoms with Crippen molar-refractivity contribution in [3.8, 4) is 0 Å². The first-order valence-corrected chi connectivity index (χ1v) is 10.2. The van der Waals surface area contributed by atoms with Gasteiger partial charge in [0.05, 0.1) is 17.1 Å². The first kappa shape index (κ1) is 20.9. The molecule has 0 fully saturated rings. The highest BCUT2D eigenvalue weighted by Crippen LogP contribution is 2.36. The van der Waals surface area contributed by atoms with Gasteiger partial charge in [0, 0.05) is 36.7 Å². The molecular weight excluding hydrogens is 398 g/mol. The molecule has 0 saturated heterocycles. The summed E-state index contributed by atoms with van der Waals surface area (Å²) in [6.45, 7) is 8.39. The van der Waals surface area contributed by atoms with E-state index in [-0.39, 0.29) is 0 Å². The Balaban J connectivity index is 1.61. The number of para-hydroxylation sites is 1. The molecular formula is C25H27N7. The molecule has 7 nitrogen and oxygen atoms in total. The van der Waals surface area contributed by atoms with Crippen LogP contribution in [0.2, 0.25) is 0 Å². The topological polar surface area (TPSA) is 81.0 Å². The van der Waals surface area contributed by atoms with Gasteiger partial charge in [0.15, 0.2) is 0 Å². The van der Waals surface area contributed by atoms with Crippen LogP contribution in [0.5, 0.6) is 0 Å². The van der Waals surface area contributed by atoms with E-state index in [1.807, 2.05) is 79.7 Å². The predicted octanol–water partition coefficient (Wildman–Crippen LogP) is 4.49. The zero-order valence-corrected chi connectivity index (χ0v) is 18.3. The summed E-state index contributed by atoms with van der Waals surface area (Å²) < 4.78 is 0. The SMILES string of the molecule is C=C(NNC1=Nc2ccccc2C(=C)N1c1cccc(N(C)C)c1)Nc1cccc(N)c1. The van der Waals surface area contributed by atoms with Crippen LogP contribution in [0.25, 0.3) is 5.70 Å². The molecule has 0 atom stereocenters. The molecule has 0 spiro atoms. The van der Waals surface area contributed by atoms with E-state index in [2.05, 4.69) is 46.4 Å². The molecule has 5 N–H and O–H groups in total. The Kier molecular flexibility index (Phi) is 5.72.